The topological polar surface area (TPSA) is 116 Å². The van der Waals surface area contributed by atoms with Crippen LogP contribution in [0.5, 0.6) is 0 Å². The summed E-state index contributed by atoms with van der Waals surface area (Å²) in [7, 11) is 0. The van der Waals surface area contributed by atoms with E-state index in [0.717, 1.165) is 38.9 Å². The Balaban J connectivity index is 1.20. The van der Waals surface area contributed by atoms with Crippen molar-refractivity contribution in [2.24, 2.45) is 17.6 Å². The normalized spacial score (nSPS) is 22.7. The van der Waals surface area contributed by atoms with Gasteiger partial charge in [0.15, 0.2) is 5.78 Å². The lowest BCUT2D eigenvalue weighted by molar-refractivity contribution is -0.125. The zero-order valence-electron chi connectivity index (χ0n) is 21.7. The number of ketones is 1. The molecular formula is C30H33F2N3O4. The van der Waals surface area contributed by atoms with Gasteiger partial charge in [-0.15, -0.1) is 0 Å². The molecule has 1 aliphatic carbocycles. The van der Waals surface area contributed by atoms with Crippen LogP contribution in [-0.2, 0) is 10.2 Å². The highest BCUT2D eigenvalue weighted by molar-refractivity contribution is 6.03. The molecule has 0 bridgehead atoms. The first-order valence-corrected chi connectivity index (χ1v) is 13.5. The molecule has 2 aliphatic rings. The zero-order valence-corrected chi connectivity index (χ0v) is 21.7. The van der Waals surface area contributed by atoms with E-state index in [2.05, 4.69) is 9.88 Å². The molecule has 0 atom stereocenters. The monoisotopic (exact) mass is 537 g/mol. The molecule has 5 rings (SSSR count). The Kier molecular flexibility index (Phi) is 7.53. The van der Waals surface area contributed by atoms with Crippen molar-refractivity contribution in [3.63, 3.8) is 0 Å². The molecule has 1 aromatic heterocycles. The number of hydrogen-bond donors (Lipinski definition) is 3. The van der Waals surface area contributed by atoms with Gasteiger partial charge in [0, 0.05) is 27.9 Å². The van der Waals surface area contributed by atoms with Gasteiger partial charge in [-0.1, -0.05) is 0 Å². The van der Waals surface area contributed by atoms with Crippen molar-refractivity contribution in [1.82, 2.24) is 9.88 Å². The van der Waals surface area contributed by atoms with Gasteiger partial charge in [-0.25, -0.2) is 13.6 Å². The van der Waals surface area contributed by atoms with Gasteiger partial charge in [0.2, 0.25) is 5.91 Å². The zero-order chi connectivity index (χ0) is 27.7. The fourth-order valence-corrected chi connectivity index (χ4v) is 6.53. The Hall–Kier alpha value is -3.59. The number of hydrogen-bond acceptors (Lipinski definition) is 4. The summed E-state index contributed by atoms with van der Waals surface area (Å²) in [4.78, 5) is 42.9. The van der Waals surface area contributed by atoms with Crippen LogP contribution in [0.15, 0.2) is 42.5 Å². The van der Waals surface area contributed by atoms with Crippen LogP contribution in [0.2, 0.25) is 0 Å². The van der Waals surface area contributed by atoms with Gasteiger partial charge >= 0.3 is 5.97 Å². The van der Waals surface area contributed by atoms with Crippen molar-refractivity contribution in [2.75, 3.05) is 19.6 Å². The molecule has 7 nitrogen and oxygen atoms in total. The van der Waals surface area contributed by atoms with E-state index >= 15 is 0 Å². The smallest absolute Gasteiger partial charge is 0.352 e. The second-order valence-electron chi connectivity index (χ2n) is 11.0. The van der Waals surface area contributed by atoms with Gasteiger partial charge in [-0.3, -0.25) is 9.59 Å². The number of benzene rings is 2. The Morgan fingerprint density at radius 3 is 2.23 bits per heavy atom. The molecular weight excluding hydrogens is 504 g/mol. The molecule has 0 radical (unpaired) electrons. The molecule has 1 aliphatic heterocycles. The highest BCUT2D eigenvalue weighted by Crippen LogP contribution is 2.46. The van der Waals surface area contributed by atoms with E-state index in [1.54, 1.807) is 12.1 Å². The van der Waals surface area contributed by atoms with Gasteiger partial charge < -0.3 is 20.7 Å². The molecule has 39 heavy (non-hydrogen) atoms. The van der Waals surface area contributed by atoms with Crippen LogP contribution in [0.4, 0.5) is 8.78 Å². The average Bonchev–Trinajstić information content (AvgIpc) is 3.32. The van der Waals surface area contributed by atoms with Gasteiger partial charge in [0.05, 0.1) is 5.41 Å². The summed E-state index contributed by atoms with van der Waals surface area (Å²) < 4.78 is 27.3. The molecule has 0 spiro atoms. The maximum atomic E-state index is 14.1. The Labute approximate surface area is 225 Å². The van der Waals surface area contributed by atoms with Crippen LogP contribution in [0.25, 0.3) is 10.9 Å². The number of halogens is 2. The number of carboxylic acids is 1. The van der Waals surface area contributed by atoms with Crippen molar-refractivity contribution in [3.05, 3.63) is 70.9 Å². The van der Waals surface area contributed by atoms with E-state index in [9.17, 15) is 28.3 Å². The lowest BCUT2D eigenvalue weighted by Crippen LogP contribution is -2.45. The third kappa shape index (κ3) is 5.32. The molecule has 9 heteroatoms. The number of carbonyl (C=O) groups excluding carboxylic acids is 2. The molecule has 3 aromatic rings. The molecule has 1 saturated carbocycles. The number of likely N-dealkylation sites (tertiary alicyclic amines) is 1. The molecule has 2 heterocycles. The van der Waals surface area contributed by atoms with E-state index < -0.39 is 23.1 Å². The third-order valence-corrected chi connectivity index (χ3v) is 8.82. The Bertz CT molecular complexity index is 1390. The standard InChI is InChI=1S/C30H33F2N3O4/c31-21-3-1-19(2-4-21)27(36)20-10-15-35(16-11-20)14-9-18-7-12-30(13-8-18,29(33)39)25-23-17-22(32)5-6-24(23)34-26(25)28(37)38/h1-6,17-18,20,34H,7-16H2,(H2,33,39)(H,37,38). The van der Waals surface area contributed by atoms with Crippen molar-refractivity contribution in [3.8, 4) is 0 Å². The van der Waals surface area contributed by atoms with Crippen molar-refractivity contribution < 1.29 is 28.3 Å². The number of nitrogens with zero attached hydrogens (tertiary/aromatic N) is 1. The molecule has 2 aromatic carbocycles. The van der Waals surface area contributed by atoms with Crippen LogP contribution in [0.3, 0.4) is 0 Å². The number of nitrogens with two attached hydrogens (primary N) is 1. The van der Waals surface area contributed by atoms with E-state index in [1.165, 1.54) is 30.3 Å². The van der Waals surface area contributed by atoms with Crippen molar-refractivity contribution in [1.29, 1.82) is 0 Å². The summed E-state index contributed by atoms with van der Waals surface area (Å²) in [5.41, 5.74) is 5.96. The fraction of sp³-hybridized carbons (Fsp3) is 0.433. The number of Topliss-reactive ketones (excluding diaryl/α,β-unsaturated/α-hetero) is 1. The first kappa shape index (κ1) is 27.0. The third-order valence-electron chi connectivity index (χ3n) is 8.82. The van der Waals surface area contributed by atoms with Crippen molar-refractivity contribution >= 4 is 28.6 Å². The SMILES string of the molecule is NC(=O)C1(c2c(C(=O)O)[nH]c3ccc(F)cc23)CCC(CCN2CCC(C(=O)c3ccc(F)cc3)CC2)CC1. The number of H-pyrrole nitrogens is 1. The van der Waals surface area contributed by atoms with Crippen LogP contribution < -0.4 is 5.73 Å². The number of carboxylic acid groups (broad SMARTS) is 1. The number of aromatic amines is 1. The number of nitrogens with one attached hydrogen (secondary N) is 1. The molecule has 206 valence electrons. The number of carbonyl (C=O) groups is 3. The summed E-state index contributed by atoms with van der Waals surface area (Å²) >= 11 is 0. The Morgan fingerprint density at radius 2 is 1.62 bits per heavy atom. The second-order valence-corrected chi connectivity index (χ2v) is 11.0. The maximum Gasteiger partial charge on any atom is 0.352 e. The fourth-order valence-electron chi connectivity index (χ4n) is 6.53. The minimum Gasteiger partial charge on any atom is -0.477 e. The summed E-state index contributed by atoms with van der Waals surface area (Å²) in [6, 6.07) is 9.74. The summed E-state index contributed by atoms with van der Waals surface area (Å²) in [5, 5.41) is 10.2. The largest absolute Gasteiger partial charge is 0.477 e. The van der Waals surface area contributed by atoms with Gasteiger partial charge in [0.1, 0.15) is 17.3 Å². The lowest BCUT2D eigenvalue weighted by Gasteiger charge is -2.39. The number of amides is 1. The van der Waals surface area contributed by atoms with Gasteiger partial charge in [-0.05, 0) is 113 Å². The molecule has 2 fully saturated rings. The molecule has 0 unspecified atom stereocenters. The summed E-state index contributed by atoms with van der Waals surface area (Å²) in [5.74, 6) is -2.27. The molecule has 4 N–H and O–H groups in total. The predicted molar refractivity (Wildman–Crippen MR) is 143 cm³/mol. The van der Waals surface area contributed by atoms with Crippen LogP contribution >= 0.6 is 0 Å². The van der Waals surface area contributed by atoms with E-state index in [0.29, 0.717) is 53.6 Å². The first-order valence-electron chi connectivity index (χ1n) is 13.5. The first-order chi connectivity index (χ1) is 18.7. The lowest BCUT2D eigenvalue weighted by atomic mass is 9.64. The Morgan fingerprint density at radius 1 is 0.974 bits per heavy atom. The number of aromatic nitrogens is 1. The van der Waals surface area contributed by atoms with Gasteiger partial charge in [-0.2, -0.15) is 0 Å². The van der Waals surface area contributed by atoms with E-state index in [-0.39, 0.29) is 23.2 Å². The minimum absolute atomic E-state index is 0.0537. The number of aromatic carboxylic acids is 1. The number of primary amides is 1. The minimum atomic E-state index is -1.20. The predicted octanol–water partition coefficient (Wildman–Crippen LogP) is 5.04. The average molecular weight is 538 g/mol. The number of piperidine rings is 1. The second kappa shape index (κ2) is 10.9. The quantitative estimate of drug-likeness (QED) is 0.348. The van der Waals surface area contributed by atoms with Crippen molar-refractivity contribution in [2.45, 2.75) is 50.4 Å². The highest BCUT2D eigenvalue weighted by Gasteiger charge is 2.46. The summed E-state index contributed by atoms with van der Waals surface area (Å²) in [6.07, 6.45) is 4.70. The highest BCUT2D eigenvalue weighted by atomic mass is 19.1. The van der Waals surface area contributed by atoms with E-state index in [4.69, 9.17) is 5.73 Å². The summed E-state index contributed by atoms with van der Waals surface area (Å²) in [6.45, 7) is 2.52. The molecule has 1 amide bonds. The van der Waals surface area contributed by atoms with Crippen LogP contribution in [0, 0.1) is 23.5 Å². The van der Waals surface area contributed by atoms with Gasteiger partial charge in [0.25, 0.3) is 0 Å². The molecule has 1 saturated heterocycles. The van der Waals surface area contributed by atoms with E-state index in [1.807, 2.05) is 0 Å². The van der Waals surface area contributed by atoms with Crippen LogP contribution in [0.1, 0.15) is 71.4 Å². The maximum absolute atomic E-state index is 14.1. The van der Waals surface area contributed by atoms with Crippen LogP contribution in [-0.4, -0.2) is 52.3 Å². The number of rotatable bonds is 8. The number of fused-ring (bicyclic) bond motifs is 1.